The zero-order chi connectivity index (χ0) is 9.19. The zero-order valence-electron chi connectivity index (χ0n) is 6.56. The van der Waals surface area contributed by atoms with E-state index < -0.39 is 12.1 Å². The first-order chi connectivity index (χ1) is 5.55. The minimum absolute atomic E-state index is 0.115. The van der Waals surface area contributed by atoms with Gasteiger partial charge in [0.05, 0.1) is 5.92 Å². The Kier molecular flexibility index (Phi) is 2.77. The lowest BCUT2D eigenvalue weighted by Crippen LogP contribution is -2.18. The smallest absolute Gasteiger partial charge is 0.170 e. The van der Waals surface area contributed by atoms with Crippen molar-refractivity contribution in [2.24, 2.45) is 0 Å². The van der Waals surface area contributed by atoms with E-state index in [2.05, 4.69) is 0 Å². The Hall–Kier alpha value is -0.510. The van der Waals surface area contributed by atoms with Crippen molar-refractivity contribution in [3.8, 4) is 0 Å². The van der Waals surface area contributed by atoms with E-state index in [1.54, 1.807) is 18.4 Å². The van der Waals surface area contributed by atoms with Gasteiger partial charge in [-0.05, 0) is 17.9 Å². The number of hydrogen-bond acceptors (Lipinski definition) is 1. The van der Waals surface area contributed by atoms with Gasteiger partial charge in [-0.25, -0.2) is 0 Å². The van der Waals surface area contributed by atoms with Gasteiger partial charge in [0.1, 0.15) is 0 Å². The fourth-order valence-electron chi connectivity index (χ4n) is 1.08. The van der Waals surface area contributed by atoms with Crippen LogP contribution in [-0.4, -0.2) is 6.18 Å². The molecule has 1 atom stereocenters. The third-order valence-corrected chi connectivity index (χ3v) is 2.68. The molecule has 0 spiro atoms. The minimum atomic E-state index is -4.10. The summed E-state index contributed by atoms with van der Waals surface area (Å²) in [5.41, 5.74) is 0. The van der Waals surface area contributed by atoms with Crippen molar-refractivity contribution < 1.29 is 13.2 Å². The maximum absolute atomic E-state index is 12.3. The quantitative estimate of drug-likeness (QED) is 0.671. The Morgan fingerprint density at radius 1 is 1.50 bits per heavy atom. The minimum Gasteiger partial charge on any atom is -0.170 e. The Balaban J connectivity index is 2.84. The van der Waals surface area contributed by atoms with Gasteiger partial charge < -0.3 is 0 Å². The number of halogens is 3. The largest absolute Gasteiger partial charge is 0.396 e. The molecule has 68 valence electrons. The summed E-state index contributed by atoms with van der Waals surface area (Å²) < 4.78 is 36.9. The van der Waals surface area contributed by atoms with Crippen LogP contribution in [0.3, 0.4) is 0 Å². The Morgan fingerprint density at radius 3 is 2.50 bits per heavy atom. The van der Waals surface area contributed by atoms with Crippen LogP contribution >= 0.6 is 11.3 Å². The summed E-state index contributed by atoms with van der Waals surface area (Å²) >= 11 is 1.16. The predicted molar refractivity (Wildman–Crippen MR) is 43.4 cm³/mol. The second-order valence-corrected chi connectivity index (χ2v) is 3.50. The molecule has 1 rings (SSSR count). The molecule has 1 aromatic rings. The monoisotopic (exact) mass is 194 g/mol. The first-order valence-corrected chi connectivity index (χ1v) is 4.53. The highest BCUT2D eigenvalue weighted by atomic mass is 32.1. The van der Waals surface area contributed by atoms with Gasteiger partial charge in [0, 0.05) is 4.88 Å². The molecule has 0 amide bonds. The van der Waals surface area contributed by atoms with Gasteiger partial charge in [0.15, 0.2) is 0 Å². The van der Waals surface area contributed by atoms with Gasteiger partial charge in [-0.2, -0.15) is 13.2 Å². The molecule has 0 nitrogen and oxygen atoms in total. The molecule has 1 heterocycles. The molecule has 0 aliphatic rings. The second kappa shape index (κ2) is 3.47. The van der Waals surface area contributed by atoms with Crippen LogP contribution in [0.15, 0.2) is 17.5 Å². The molecule has 0 radical (unpaired) electrons. The SMILES string of the molecule is CCC(c1cccs1)C(F)(F)F. The van der Waals surface area contributed by atoms with Crippen molar-refractivity contribution in [1.82, 2.24) is 0 Å². The van der Waals surface area contributed by atoms with E-state index in [9.17, 15) is 13.2 Å². The van der Waals surface area contributed by atoms with Gasteiger partial charge in [-0.15, -0.1) is 11.3 Å². The molecule has 0 aliphatic carbocycles. The van der Waals surface area contributed by atoms with Crippen LogP contribution in [0.25, 0.3) is 0 Å². The second-order valence-electron chi connectivity index (χ2n) is 2.52. The lowest BCUT2D eigenvalue weighted by Gasteiger charge is -2.16. The fraction of sp³-hybridized carbons (Fsp3) is 0.500. The van der Waals surface area contributed by atoms with Crippen molar-refractivity contribution in [2.45, 2.75) is 25.4 Å². The van der Waals surface area contributed by atoms with Crippen molar-refractivity contribution in [2.75, 3.05) is 0 Å². The summed E-state index contributed by atoms with van der Waals surface area (Å²) in [5, 5.41) is 1.67. The third-order valence-electron chi connectivity index (χ3n) is 1.69. The lowest BCUT2D eigenvalue weighted by atomic mass is 10.0. The van der Waals surface area contributed by atoms with E-state index in [4.69, 9.17) is 0 Å². The molecule has 1 aromatic heterocycles. The van der Waals surface area contributed by atoms with Crippen LogP contribution in [-0.2, 0) is 0 Å². The number of rotatable bonds is 2. The van der Waals surface area contributed by atoms with E-state index in [0.29, 0.717) is 4.88 Å². The highest BCUT2D eigenvalue weighted by Gasteiger charge is 2.39. The molecular formula is C8H9F3S. The Labute approximate surface area is 73.0 Å². The summed E-state index contributed by atoms with van der Waals surface area (Å²) in [4.78, 5) is 0.407. The molecule has 0 saturated carbocycles. The zero-order valence-corrected chi connectivity index (χ0v) is 7.38. The van der Waals surface area contributed by atoms with E-state index in [1.165, 1.54) is 6.07 Å². The summed E-state index contributed by atoms with van der Waals surface area (Å²) in [6.07, 6.45) is -3.98. The highest BCUT2D eigenvalue weighted by molar-refractivity contribution is 7.10. The van der Waals surface area contributed by atoms with Gasteiger partial charge in [0.2, 0.25) is 0 Å². The lowest BCUT2D eigenvalue weighted by molar-refractivity contribution is -0.150. The summed E-state index contributed by atoms with van der Waals surface area (Å²) in [6.45, 7) is 1.55. The summed E-state index contributed by atoms with van der Waals surface area (Å²) in [7, 11) is 0. The molecular weight excluding hydrogens is 185 g/mol. The van der Waals surface area contributed by atoms with E-state index in [-0.39, 0.29) is 6.42 Å². The topological polar surface area (TPSA) is 0 Å². The highest BCUT2D eigenvalue weighted by Crippen LogP contribution is 2.38. The van der Waals surface area contributed by atoms with Gasteiger partial charge in [-0.3, -0.25) is 0 Å². The maximum atomic E-state index is 12.3. The molecule has 0 aromatic carbocycles. The first-order valence-electron chi connectivity index (χ1n) is 3.65. The molecule has 0 saturated heterocycles. The van der Waals surface area contributed by atoms with E-state index in [0.717, 1.165) is 11.3 Å². The van der Waals surface area contributed by atoms with Crippen LogP contribution in [0.2, 0.25) is 0 Å². The molecule has 12 heavy (non-hydrogen) atoms. The standard InChI is InChI=1S/C8H9F3S/c1-2-6(8(9,10)11)7-4-3-5-12-7/h3-6H,2H2,1H3. The van der Waals surface area contributed by atoms with E-state index >= 15 is 0 Å². The van der Waals surface area contributed by atoms with Crippen molar-refractivity contribution in [3.05, 3.63) is 22.4 Å². The molecule has 1 unspecified atom stereocenters. The average Bonchev–Trinajstić information content (AvgIpc) is 2.38. The van der Waals surface area contributed by atoms with Crippen LogP contribution in [0.1, 0.15) is 24.1 Å². The van der Waals surface area contributed by atoms with Crippen molar-refractivity contribution >= 4 is 11.3 Å². The maximum Gasteiger partial charge on any atom is 0.396 e. The molecule has 4 heteroatoms. The Morgan fingerprint density at radius 2 is 2.17 bits per heavy atom. The van der Waals surface area contributed by atoms with Crippen LogP contribution < -0.4 is 0 Å². The summed E-state index contributed by atoms with van der Waals surface area (Å²) in [6, 6.07) is 3.18. The van der Waals surface area contributed by atoms with Crippen LogP contribution in [0.4, 0.5) is 13.2 Å². The number of alkyl halides is 3. The van der Waals surface area contributed by atoms with Gasteiger partial charge >= 0.3 is 6.18 Å². The summed E-state index contributed by atoms with van der Waals surface area (Å²) in [5.74, 6) is -1.28. The average molecular weight is 194 g/mol. The number of thiophene rings is 1. The Bertz CT molecular complexity index is 225. The van der Waals surface area contributed by atoms with E-state index in [1.807, 2.05) is 0 Å². The normalized spacial score (nSPS) is 14.7. The van der Waals surface area contributed by atoms with Crippen molar-refractivity contribution in [1.29, 1.82) is 0 Å². The molecule has 0 N–H and O–H groups in total. The fourth-order valence-corrected chi connectivity index (χ4v) is 2.02. The molecule has 0 bridgehead atoms. The van der Waals surface area contributed by atoms with Gasteiger partial charge in [0.25, 0.3) is 0 Å². The van der Waals surface area contributed by atoms with Crippen LogP contribution in [0, 0.1) is 0 Å². The molecule has 0 aliphatic heterocycles. The third kappa shape index (κ3) is 2.00. The van der Waals surface area contributed by atoms with Crippen molar-refractivity contribution in [3.63, 3.8) is 0 Å². The van der Waals surface area contributed by atoms with Crippen LogP contribution in [0.5, 0.6) is 0 Å². The first kappa shape index (κ1) is 9.58. The molecule has 0 fully saturated rings. The predicted octanol–water partition coefficient (Wildman–Crippen LogP) is 3.80. The van der Waals surface area contributed by atoms with Gasteiger partial charge in [-0.1, -0.05) is 13.0 Å². The number of hydrogen-bond donors (Lipinski definition) is 0.